The first-order valence-corrected chi connectivity index (χ1v) is 5.76. The summed E-state index contributed by atoms with van der Waals surface area (Å²) >= 11 is 1.78. The Morgan fingerprint density at radius 2 is 1.88 bits per heavy atom. The quantitative estimate of drug-likeness (QED) is 0.735. The second kappa shape index (κ2) is 6.37. The summed E-state index contributed by atoms with van der Waals surface area (Å²) in [5, 5.41) is 1.15. The lowest BCUT2D eigenvalue weighted by atomic mass is 10.4. The van der Waals surface area contributed by atoms with E-state index < -0.39 is 0 Å². The van der Waals surface area contributed by atoms with Gasteiger partial charge in [0, 0.05) is 18.0 Å². The van der Waals surface area contributed by atoms with Crippen LogP contribution < -0.4 is 4.90 Å². The van der Waals surface area contributed by atoms with Gasteiger partial charge < -0.3 is 9.64 Å². The molecule has 0 aromatic carbocycles. The molecule has 5 nitrogen and oxygen atoms in total. The van der Waals surface area contributed by atoms with E-state index in [2.05, 4.69) is 23.7 Å². The Morgan fingerprint density at radius 1 is 1.31 bits per heavy atom. The molecule has 2 rings (SSSR count). The summed E-state index contributed by atoms with van der Waals surface area (Å²) in [5.74, 6) is 0. The van der Waals surface area contributed by atoms with Gasteiger partial charge in [0.1, 0.15) is 0 Å². The van der Waals surface area contributed by atoms with Crippen LogP contribution in [0.25, 0.3) is 0 Å². The maximum atomic E-state index is 8.12. The molecule has 0 unspecified atom stereocenters. The number of aryl methyl sites for hydroxylation is 2. The minimum Gasteiger partial charge on any atom is -0.378 e. The molecule has 0 radical (unpaired) electrons. The first kappa shape index (κ1) is 12.8. The SMILES string of the molecule is Cc1nc(N2CCOCC2)sc1C.O=C=O. The van der Waals surface area contributed by atoms with Crippen molar-refractivity contribution in [2.24, 2.45) is 0 Å². The third-order valence-corrected chi connectivity index (χ3v) is 3.43. The molecule has 88 valence electrons. The number of thiazole rings is 1. The zero-order valence-corrected chi connectivity index (χ0v) is 10.2. The monoisotopic (exact) mass is 242 g/mol. The summed E-state index contributed by atoms with van der Waals surface area (Å²) in [6, 6.07) is 0. The van der Waals surface area contributed by atoms with E-state index in [4.69, 9.17) is 14.3 Å². The zero-order valence-electron chi connectivity index (χ0n) is 9.36. The predicted octanol–water partition coefficient (Wildman–Crippen LogP) is 1.01. The fourth-order valence-corrected chi connectivity index (χ4v) is 2.31. The summed E-state index contributed by atoms with van der Waals surface area (Å²) in [6.07, 6.45) is 0.250. The maximum absolute atomic E-state index is 8.12. The number of rotatable bonds is 1. The van der Waals surface area contributed by atoms with E-state index in [9.17, 15) is 0 Å². The van der Waals surface area contributed by atoms with Gasteiger partial charge in [0.25, 0.3) is 0 Å². The molecule has 0 aliphatic carbocycles. The molecule has 1 aromatic rings. The lowest BCUT2D eigenvalue weighted by Gasteiger charge is -2.25. The highest BCUT2D eigenvalue weighted by Gasteiger charge is 2.14. The summed E-state index contributed by atoms with van der Waals surface area (Å²) in [4.78, 5) is 24.4. The van der Waals surface area contributed by atoms with Gasteiger partial charge in [0.05, 0.1) is 18.9 Å². The molecule has 1 saturated heterocycles. The second-order valence-electron chi connectivity index (χ2n) is 3.32. The topological polar surface area (TPSA) is 59.5 Å². The molecule has 16 heavy (non-hydrogen) atoms. The van der Waals surface area contributed by atoms with Crippen LogP contribution in [0.1, 0.15) is 10.6 Å². The van der Waals surface area contributed by atoms with Gasteiger partial charge in [-0.25, -0.2) is 4.98 Å². The predicted molar refractivity (Wildman–Crippen MR) is 59.6 cm³/mol. The molecule has 0 amide bonds. The van der Waals surface area contributed by atoms with Gasteiger partial charge in [-0.15, -0.1) is 11.3 Å². The number of hydrogen-bond acceptors (Lipinski definition) is 6. The molecular formula is C10H14N2O3S. The largest absolute Gasteiger partial charge is 0.378 e. The Kier molecular flexibility index (Phi) is 5.11. The molecule has 0 spiro atoms. The summed E-state index contributed by atoms with van der Waals surface area (Å²) < 4.78 is 5.29. The third kappa shape index (κ3) is 3.41. The van der Waals surface area contributed by atoms with Crippen LogP contribution in [-0.2, 0) is 14.3 Å². The molecule has 0 saturated carbocycles. The number of ether oxygens (including phenoxy) is 1. The lowest BCUT2D eigenvalue weighted by Crippen LogP contribution is -2.36. The van der Waals surface area contributed by atoms with Crippen molar-refractivity contribution in [3.8, 4) is 0 Å². The summed E-state index contributed by atoms with van der Waals surface area (Å²) in [7, 11) is 0. The standard InChI is InChI=1S/C9H14N2OS.CO2/c1-7-8(2)13-9(10-7)11-3-5-12-6-4-11;2-1-3/h3-6H2,1-2H3;. The van der Waals surface area contributed by atoms with Crippen molar-refractivity contribution in [1.29, 1.82) is 0 Å². The smallest absolute Gasteiger partial charge is 0.373 e. The van der Waals surface area contributed by atoms with Crippen LogP contribution in [0.15, 0.2) is 0 Å². The van der Waals surface area contributed by atoms with E-state index in [-0.39, 0.29) is 6.15 Å². The Balaban J connectivity index is 0.000000386. The molecule has 1 aromatic heterocycles. The molecule has 1 aliphatic heterocycles. The Bertz CT molecular complexity index is 347. The van der Waals surface area contributed by atoms with Crippen molar-refractivity contribution in [3.63, 3.8) is 0 Å². The van der Waals surface area contributed by atoms with Crippen LogP contribution in [-0.4, -0.2) is 37.4 Å². The van der Waals surface area contributed by atoms with Crippen LogP contribution in [0.5, 0.6) is 0 Å². The molecule has 1 aliphatic rings. The van der Waals surface area contributed by atoms with Gasteiger partial charge in [-0.05, 0) is 13.8 Å². The molecule has 0 N–H and O–H groups in total. The van der Waals surface area contributed by atoms with Crippen molar-refractivity contribution < 1.29 is 14.3 Å². The van der Waals surface area contributed by atoms with Gasteiger partial charge in [0.2, 0.25) is 0 Å². The number of hydrogen-bond donors (Lipinski definition) is 0. The van der Waals surface area contributed by atoms with E-state index >= 15 is 0 Å². The highest BCUT2D eigenvalue weighted by atomic mass is 32.1. The van der Waals surface area contributed by atoms with Crippen molar-refractivity contribution in [1.82, 2.24) is 4.98 Å². The average molecular weight is 242 g/mol. The van der Waals surface area contributed by atoms with Crippen LogP contribution in [0, 0.1) is 13.8 Å². The molecule has 0 bridgehead atoms. The fourth-order valence-electron chi connectivity index (χ4n) is 1.35. The van der Waals surface area contributed by atoms with Gasteiger partial charge in [-0.1, -0.05) is 0 Å². The zero-order chi connectivity index (χ0) is 12.0. The number of carbonyl (C=O) groups excluding carboxylic acids is 2. The van der Waals surface area contributed by atoms with Gasteiger partial charge >= 0.3 is 6.15 Å². The second-order valence-corrected chi connectivity index (χ2v) is 4.50. The molecule has 2 heterocycles. The summed E-state index contributed by atoms with van der Waals surface area (Å²) in [5.41, 5.74) is 1.16. The van der Waals surface area contributed by atoms with E-state index in [1.54, 1.807) is 11.3 Å². The minimum atomic E-state index is 0.250. The molecule has 0 atom stereocenters. The summed E-state index contributed by atoms with van der Waals surface area (Å²) in [6.45, 7) is 7.81. The van der Waals surface area contributed by atoms with Crippen LogP contribution in [0.4, 0.5) is 5.13 Å². The number of anilines is 1. The van der Waals surface area contributed by atoms with Crippen molar-refractivity contribution in [2.75, 3.05) is 31.2 Å². The van der Waals surface area contributed by atoms with Crippen molar-refractivity contribution in [3.05, 3.63) is 10.6 Å². The van der Waals surface area contributed by atoms with Crippen LogP contribution >= 0.6 is 11.3 Å². The Labute approximate surface area is 98.0 Å². The van der Waals surface area contributed by atoms with Gasteiger partial charge in [-0.3, -0.25) is 0 Å². The first-order chi connectivity index (χ1) is 7.69. The van der Waals surface area contributed by atoms with E-state index in [0.29, 0.717) is 0 Å². The third-order valence-electron chi connectivity index (χ3n) is 2.30. The fraction of sp³-hybridized carbons (Fsp3) is 0.600. The highest BCUT2D eigenvalue weighted by molar-refractivity contribution is 7.15. The Morgan fingerprint density at radius 3 is 2.31 bits per heavy atom. The van der Waals surface area contributed by atoms with Gasteiger partial charge in [-0.2, -0.15) is 9.59 Å². The van der Waals surface area contributed by atoms with Gasteiger partial charge in [0.15, 0.2) is 5.13 Å². The molecule has 6 heteroatoms. The lowest BCUT2D eigenvalue weighted by molar-refractivity contribution is -0.191. The normalized spacial score (nSPS) is 15.0. The molecule has 1 fully saturated rings. The number of aromatic nitrogens is 1. The highest BCUT2D eigenvalue weighted by Crippen LogP contribution is 2.25. The number of nitrogens with zero attached hydrogens (tertiary/aromatic N) is 2. The van der Waals surface area contributed by atoms with Crippen molar-refractivity contribution >= 4 is 22.6 Å². The van der Waals surface area contributed by atoms with Crippen LogP contribution in [0.2, 0.25) is 0 Å². The van der Waals surface area contributed by atoms with E-state index in [0.717, 1.165) is 37.1 Å². The van der Waals surface area contributed by atoms with Crippen LogP contribution in [0.3, 0.4) is 0 Å². The van der Waals surface area contributed by atoms with E-state index in [1.165, 1.54) is 4.88 Å². The number of morpholine rings is 1. The minimum absolute atomic E-state index is 0.250. The first-order valence-electron chi connectivity index (χ1n) is 4.95. The molecular weight excluding hydrogens is 228 g/mol. The van der Waals surface area contributed by atoms with E-state index in [1.807, 2.05) is 0 Å². The Hall–Kier alpha value is -1.23. The van der Waals surface area contributed by atoms with Crippen molar-refractivity contribution in [2.45, 2.75) is 13.8 Å². The maximum Gasteiger partial charge on any atom is 0.373 e. The average Bonchev–Trinajstić information content (AvgIpc) is 2.62.